The molecule has 0 amide bonds. The van der Waals surface area contributed by atoms with E-state index < -0.39 is 5.60 Å². The Morgan fingerprint density at radius 2 is 1.83 bits per heavy atom. The molecule has 0 aromatic carbocycles. The average Bonchev–Trinajstić information content (AvgIpc) is 2.65. The van der Waals surface area contributed by atoms with Crippen LogP contribution in [-0.2, 0) is 0 Å². The molecule has 3 nitrogen and oxygen atoms in total. The molecule has 0 aromatic heterocycles. The minimum atomic E-state index is -0.536. The smallest absolute Gasteiger partial charge is 0.0767 e. The average molecular weight is 254 g/mol. The first-order valence-corrected chi connectivity index (χ1v) is 7.82. The van der Waals surface area contributed by atoms with Gasteiger partial charge in [-0.15, -0.1) is 0 Å². The molecule has 18 heavy (non-hydrogen) atoms. The first-order chi connectivity index (χ1) is 8.68. The number of aliphatic hydroxyl groups is 1. The molecule has 4 N–H and O–H groups in total. The molecule has 0 bridgehead atoms. The normalized spacial score (nSPS) is 37.2. The van der Waals surface area contributed by atoms with Crippen molar-refractivity contribution in [2.45, 2.75) is 63.9 Å². The second-order valence-corrected chi connectivity index (χ2v) is 6.38. The van der Waals surface area contributed by atoms with Crippen molar-refractivity contribution in [2.75, 3.05) is 19.6 Å². The summed E-state index contributed by atoms with van der Waals surface area (Å²) in [5.74, 6) is 0.368. The Kier molecular flexibility index (Phi) is 4.68. The fourth-order valence-corrected chi connectivity index (χ4v) is 4.33. The highest BCUT2D eigenvalue weighted by Gasteiger charge is 2.53. The molecule has 2 atom stereocenters. The molecule has 2 rings (SSSR count). The second kappa shape index (κ2) is 5.89. The van der Waals surface area contributed by atoms with Gasteiger partial charge >= 0.3 is 0 Å². The Hall–Kier alpha value is -0.120. The van der Waals surface area contributed by atoms with Gasteiger partial charge in [-0.2, -0.15) is 0 Å². The maximum atomic E-state index is 11.4. The van der Waals surface area contributed by atoms with Gasteiger partial charge in [0.1, 0.15) is 0 Å². The van der Waals surface area contributed by atoms with E-state index >= 15 is 0 Å². The molecule has 0 radical (unpaired) electrons. The molecule has 1 aliphatic carbocycles. The van der Waals surface area contributed by atoms with E-state index in [-0.39, 0.29) is 5.41 Å². The van der Waals surface area contributed by atoms with Crippen molar-refractivity contribution in [1.82, 2.24) is 5.32 Å². The van der Waals surface area contributed by atoms with Gasteiger partial charge in [-0.05, 0) is 32.2 Å². The van der Waals surface area contributed by atoms with Crippen LogP contribution in [0.2, 0.25) is 0 Å². The number of nitrogens with one attached hydrogen (secondary N) is 1. The molecule has 0 spiro atoms. The summed E-state index contributed by atoms with van der Waals surface area (Å²) < 4.78 is 0. The van der Waals surface area contributed by atoms with Crippen LogP contribution in [0.5, 0.6) is 0 Å². The first kappa shape index (κ1) is 14.3. The van der Waals surface area contributed by atoms with Crippen molar-refractivity contribution in [2.24, 2.45) is 17.1 Å². The zero-order valence-corrected chi connectivity index (χ0v) is 11.9. The highest BCUT2D eigenvalue weighted by Crippen LogP contribution is 2.49. The number of hydrogen-bond donors (Lipinski definition) is 3. The lowest BCUT2D eigenvalue weighted by molar-refractivity contribution is -0.146. The van der Waals surface area contributed by atoms with Gasteiger partial charge in [-0.1, -0.05) is 32.6 Å². The molecule has 1 aliphatic heterocycles. The van der Waals surface area contributed by atoms with Gasteiger partial charge in [-0.3, -0.25) is 0 Å². The van der Waals surface area contributed by atoms with E-state index in [9.17, 15) is 5.11 Å². The fraction of sp³-hybridized carbons (Fsp3) is 1.00. The van der Waals surface area contributed by atoms with Gasteiger partial charge in [-0.25, -0.2) is 0 Å². The molecule has 2 aliphatic rings. The van der Waals surface area contributed by atoms with Crippen LogP contribution in [0.15, 0.2) is 0 Å². The third kappa shape index (κ3) is 2.33. The van der Waals surface area contributed by atoms with Gasteiger partial charge in [0.05, 0.1) is 5.60 Å². The largest absolute Gasteiger partial charge is 0.389 e. The van der Waals surface area contributed by atoms with Crippen LogP contribution in [-0.4, -0.2) is 30.3 Å². The number of hydrogen-bond acceptors (Lipinski definition) is 3. The predicted molar refractivity (Wildman–Crippen MR) is 75.4 cm³/mol. The predicted octanol–water partition coefficient (Wildman–Crippen LogP) is 2.04. The Morgan fingerprint density at radius 3 is 2.39 bits per heavy atom. The minimum Gasteiger partial charge on any atom is -0.389 e. The summed E-state index contributed by atoms with van der Waals surface area (Å²) in [6.07, 6.45) is 9.27. The van der Waals surface area contributed by atoms with Crippen molar-refractivity contribution < 1.29 is 5.11 Å². The topological polar surface area (TPSA) is 58.3 Å². The van der Waals surface area contributed by atoms with Crippen LogP contribution >= 0.6 is 0 Å². The Morgan fingerprint density at radius 1 is 1.17 bits per heavy atom. The molecule has 2 fully saturated rings. The third-order valence-electron chi connectivity index (χ3n) is 5.61. The summed E-state index contributed by atoms with van der Waals surface area (Å²) in [6, 6.07) is 0. The maximum Gasteiger partial charge on any atom is 0.0767 e. The SMILES string of the molecule is CCC1CNCCC1(O)C1(CN)CCCCCC1. The summed E-state index contributed by atoms with van der Waals surface area (Å²) in [5, 5.41) is 14.8. The zero-order valence-electron chi connectivity index (χ0n) is 11.9. The molecule has 1 heterocycles. The van der Waals surface area contributed by atoms with E-state index in [4.69, 9.17) is 5.73 Å². The minimum absolute atomic E-state index is 0.0216. The summed E-state index contributed by atoms with van der Waals surface area (Å²) >= 11 is 0. The van der Waals surface area contributed by atoms with Gasteiger partial charge in [0.2, 0.25) is 0 Å². The van der Waals surface area contributed by atoms with E-state index in [1.165, 1.54) is 25.7 Å². The Bertz CT molecular complexity index is 261. The standard InChI is InChI=1S/C15H30N2O/c1-2-13-11-17-10-9-15(13,18)14(12-16)7-5-3-4-6-8-14/h13,17-18H,2-12,16H2,1H3. The van der Waals surface area contributed by atoms with Crippen LogP contribution in [0.1, 0.15) is 58.3 Å². The Balaban J connectivity index is 2.26. The molecule has 1 saturated carbocycles. The van der Waals surface area contributed by atoms with Crippen LogP contribution in [0.25, 0.3) is 0 Å². The highest BCUT2D eigenvalue weighted by atomic mass is 16.3. The molecule has 3 heteroatoms. The van der Waals surface area contributed by atoms with Crippen molar-refractivity contribution in [3.05, 3.63) is 0 Å². The van der Waals surface area contributed by atoms with E-state index in [0.717, 1.165) is 38.8 Å². The molecular formula is C15H30N2O. The van der Waals surface area contributed by atoms with Crippen LogP contribution < -0.4 is 11.1 Å². The second-order valence-electron chi connectivity index (χ2n) is 6.38. The number of piperidine rings is 1. The van der Waals surface area contributed by atoms with Gasteiger partial charge in [0.15, 0.2) is 0 Å². The lowest BCUT2D eigenvalue weighted by Gasteiger charge is -2.53. The zero-order chi connectivity index (χ0) is 13.1. The maximum absolute atomic E-state index is 11.4. The Labute approximate surface area is 112 Å². The van der Waals surface area contributed by atoms with E-state index in [1.54, 1.807) is 0 Å². The lowest BCUT2D eigenvalue weighted by atomic mass is 9.59. The molecular weight excluding hydrogens is 224 g/mol. The quantitative estimate of drug-likeness (QED) is 0.676. The van der Waals surface area contributed by atoms with Crippen LogP contribution in [0.3, 0.4) is 0 Å². The third-order valence-corrected chi connectivity index (χ3v) is 5.61. The van der Waals surface area contributed by atoms with Crippen molar-refractivity contribution in [3.8, 4) is 0 Å². The van der Waals surface area contributed by atoms with Gasteiger partial charge < -0.3 is 16.2 Å². The number of nitrogens with two attached hydrogens (primary N) is 1. The summed E-state index contributed by atoms with van der Waals surface area (Å²) in [6.45, 7) is 4.74. The monoisotopic (exact) mass is 254 g/mol. The summed E-state index contributed by atoms with van der Waals surface area (Å²) in [7, 11) is 0. The summed E-state index contributed by atoms with van der Waals surface area (Å²) in [5.41, 5.74) is 5.60. The molecule has 2 unspecified atom stereocenters. The molecule has 1 saturated heterocycles. The fourth-order valence-electron chi connectivity index (χ4n) is 4.33. The van der Waals surface area contributed by atoms with E-state index in [1.807, 2.05) is 0 Å². The van der Waals surface area contributed by atoms with E-state index in [0.29, 0.717) is 12.5 Å². The molecule has 0 aromatic rings. The lowest BCUT2D eigenvalue weighted by Crippen LogP contribution is -2.62. The van der Waals surface area contributed by atoms with Crippen molar-refractivity contribution in [1.29, 1.82) is 0 Å². The number of rotatable bonds is 3. The van der Waals surface area contributed by atoms with Gasteiger partial charge in [0, 0.05) is 24.4 Å². The summed E-state index contributed by atoms with van der Waals surface area (Å²) in [4.78, 5) is 0. The van der Waals surface area contributed by atoms with Gasteiger partial charge in [0.25, 0.3) is 0 Å². The first-order valence-electron chi connectivity index (χ1n) is 7.82. The van der Waals surface area contributed by atoms with Crippen LogP contribution in [0, 0.1) is 11.3 Å². The van der Waals surface area contributed by atoms with Crippen molar-refractivity contribution >= 4 is 0 Å². The highest BCUT2D eigenvalue weighted by molar-refractivity contribution is 5.06. The van der Waals surface area contributed by atoms with Crippen LogP contribution in [0.4, 0.5) is 0 Å². The molecule has 106 valence electrons. The van der Waals surface area contributed by atoms with Crippen molar-refractivity contribution in [3.63, 3.8) is 0 Å². The van der Waals surface area contributed by atoms with E-state index in [2.05, 4.69) is 12.2 Å².